The molecule has 1 aliphatic rings. The van der Waals surface area contributed by atoms with Crippen LogP contribution in [0.3, 0.4) is 0 Å². The van der Waals surface area contributed by atoms with Gasteiger partial charge in [0.25, 0.3) is 0 Å². The van der Waals surface area contributed by atoms with Gasteiger partial charge in [-0.05, 0) is 53.6 Å². The second-order valence-electron chi connectivity index (χ2n) is 6.86. The molecule has 0 unspecified atom stereocenters. The van der Waals surface area contributed by atoms with Gasteiger partial charge in [0, 0.05) is 29.2 Å². The van der Waals surface area contributed by atoms with Crippen molar-refractivity contribution in [3.63, 3.8) is 0 Å². The maximum absolute atomic E-state index is 12.9. The van der Waals surface area contributed by atoms with Crippen molar-refractivity contribution in [3.05, 3.63) is 76.7 Å². The number of hydrogen-bond donors (Lipinski definition) is 0. The molecule has 0 aliphatic carbocycles. The summed E-state index contributed by atoms with van der Waals surface area (Å²) >= 11 is 1.84. The molecule has 4 rings (SSSR count). The van der Waals surface area contributed by atoms with E-state index in [1.807, 2.05) is 11.3 Å². The van der Waals surface area contributed by atoms with Gasteiger partial charge in [0.05, 0.1) is 5.56 Å². The molecule has 3 aromatic rings. The van der Waals surface area contributed by atoms with Crippen LogP contribution in [0.15, 0.2) is 60.7 Å². The molecule has 0 amide bonds. The van der Waals surface area contributed by atoms with Crippen molar-refractivity contribution in [1.29, 1.82) is 0 Å². The zero-order valence-corrected chi connectivity index (χ0v) is 15.6. The Labute approximate surface area is 160 Å². The highest BCUT2D eigenvalue weighted by atomic mass is 32.1. The lowest BCUT2D eigenvalue weighted by Gasteiger charge is -2.26. The molecule has 2 aromatic carbocycles. The third-order valence-corrected chi connectivity index (χ3v) is 6.18. The molecular weight excluding hydrogens is 367 g/mol. The summed E-state index contributed by atoms with van der Waals surface area (Å²) in [5.74, 6) is 0. The maximum Gasteiger partial charge on any atom is 0.416 e. The average Bonchev–Trinajstić information content (AvgIpc) is 3.09. The first kappa shape index (κ1) is 18.3. The molecule has 1 aliphatic heterocycles. The van der Waals surface area contributed by atoms with E-state index in [0.717, 1.165) is 44.1 Å². The van der Waals surface area contributed by atoms with E-state index in [4.69, 9.17) is 0 Å². The number of fused-ring (bicyclic) bond motifs is 1. The van der Waals surface area contributed by atoms with Crippen molar-refractivity contribution in [2.45, 2.75) is 19.0 Å². The summed E-state index contributed by atoms with van der Waals surface area (Å²) in [5.41, 5.74) is 1.13. The molecule has 1 aromatic heterocycles. The van der Waals surface area contributed by atoms with Crippen molar-refractivity contribution >= 4 is 27.0 Å². The molecule has 0 N–H and O–H groups in total. The van der Waals surface area contributed by atoms with Gasteiger partial charge in [-0.15, -0.1) is 11.3 Å². The molecule has 140 valence electrons. The number of nitrogens with zero attached hydrogens (tertiary/aromatic N) is 1. The number of alkyl halides is 3. The molecule has 0 saturated carbocycles. The second kappa shape index (κ2) is 7.49. The van der Waals surface area contributed by atoms with Crippen LogP contribution in [0.2, 0.25) is 0 Å². The van der Waals surface area contributed by atoms with Crippen LogP contribution < -0.4 is 0 Å². The number of rotatable bonds is 4. The highest BCUT2D eigenvalue weighted by Crippen LogP contribution is 2.32. The zero-order valence-electron chi connectivity index (χ0n) is 14.8. The fourth-order valence-electron chi connectivity index (χ4n) is 3.50. The largest absolute Gasteiger partial charge is 0.416 e. The summed E-state index contributed by atoms with van der Waals surface area (Å²) < 4.78 is 40.0. The summed E-state index contributed by atoms with van der Waals surface area (Å²) in [4.78, 5) is 3.74. The molecule has 0 spiro atoms. The smallest absolute Gasteiger partial charge is 0.299 e. The van der Waals surface area contributed by atoms with Gasteiger partial charge in [0.1, 0.15) is 0 Å². The number of halogens is 3. The summed E-state index contributed by atoms with van der Waals surface area (Å²) in [7, 11) is 0. The van der Waals surface area contributed by atoms with E-state index in [1.54, 1.807) is 6.07 Å². The number of thiophene rings is 1. The Morgan fingerprint density at radius 1 is 1.00 bits per heavy atom. The third kappa shape index (κ3) is 4.25. The molecule has 0 atom stereocenters. The summed E-state index contributed by atoms with van der Waals surface area (Å²) in [6.45, 7) is 2.64. The molecule has 0 radical (unpaired) electrons. The van der Waals surface area contributed by atoms with E-state index in [2.05, 4.69) is 41.3 Å². The van der Waals surface area contributed by atoms with Crippen molar-refractivity contribution in [1.82, 2.24) is 4.90 Å². The minimum atomic E-state index is -4.29. The number of benzene rings is 2. The van der Waals surface area contributed by atoms with E-state index in [9.17, 15) is 13.2 Å². The Kier molecular flexibility index (Phi) is 5.06. The lowest BCUT2D eigenvalue weighted by Crippen LogP contribution is -2.30. The monoisotopic (exact) mass is 387 g/mol. The van der Waals surface area contributed by atoms with Crippen LogP contribution in [0.25, 0.3) is 15.7 Å². The minimum Gasteiger partial charge on any atom is -0.299 e. The van der Waals surface area contributed by atoms with Crippen LogP contribution >= 0.6 is 11.3 Å². The lowest BCUT2D eigenvalue weighted by atomic mass is 9.97. The van der Waals surface area contributed by atoms with Gasteiger partial charge in [0.15, 0.2) is 0 Å². The SMILES string of the molecule is FC(F)(F)c1cccc(C2=CCN(CCc3cc4ccccc4s3)CC2)c1. The van der Waals surface area contributed by atoms with Crippen molar-refractivity contribution < 1.29 is 13.2 Å². The standard InChI is InChI=1S/C22H20F3NS/c23-22(24,25)19-6-3-5-17(14-19)16-8-11-26(12-9-16)13-10-20-15-18-4-1-2-7-21(18)27-20/h1-8,14-15H,9-13H2. The van der Waals surface area contributed by atoms with Gasteiger partial charge in [-0.2, -0.15) is 13.2 Å². The summed E-state index contributed by atoms with van der Waals surface area (Å²) in [6, 6.07) is 16.3. The Bertz CT molecular complexity index is 938. The molecular formula is C22H20F3NS. The fourth-order valence-corrected chi connectivity index (χ4v) is 4.55. The minimum absolute atomic E-state index is 0.576. The predicted molar refractivity (Wildman–Crippen MR) is 106 cm³/mol. The fraction of sp³-hybridized carbons (Fsp3) is 0.273. The van der Waals surface area contributed by atoms with Gasteiger partial charge >= 0.3 is 6.18 Å². The van der Waals surface area contributed by atoms with Gasteiger partial charge in [-0.3, -0.25) is 4.90 Å². The van der Waals surface area contributed by atoms with E-state index in [1.165, 1.54) is 27.1 Å². The average molecular weight is 387 g/mol. The summed E-state index contributed by atoms with van der Waals surface area (Å²) in [6.07, 6.45) is -0.425. The lowest BCUT2D eigenvalue weighted by molar-refractivity contribution is -0.137. The first-order valence-electron chi connectivity index (χ1n) is 9.05. The molecule has 27 heavy (non-hydrogen) atoms. The second-order valence-corrected chi connectivity index (χ2v) is 8.03. The van der Waals surface area contributed by atoms with E-state index in [-0.39, 0.29) is 0 Å². The van der Waals surface area contributed by atoms with E-state index >= 15 is 0 Å². The topological polar surface area (TPSA) is 3.24 Å². The summed E-state index contributed by atoms with van der Waals surface area (Å²) in [5, 5.41) is 1.29. The van der Waals surface area contributed by atoms with E-state index < -0.39 is 11.7 Å². The third-order valence-electron chi connectivity index (χ3n) is 5.00. The van der Waals surface area contributed by atoms with E-state index in [0.29, 0.717) is 5.56 Å². The Morgan fingerprint density at radius 3 is 2.59 bits per heavy atom. The first-order chi connectivity index (χ1) is 13.0. The Hall–Kier alpha value is -2.11. The molecule has 0 fully saturated rings. The van der Waals surface area contributed by atoms with Crippen LogP contribution in [-0.4, -0.2) is 24.5 Å². The predicted octanol–water partition coefficient (Wildman–Crippen LogP) is 6.25. The van der Waals surface area contributed by atoms with Gasteiger partial charge in [-0.25, -0.2) is 0 Å². The molecule has 0 saturated heterocycles. The molecule has 1 nitrogen and oxygen atoms in total. The molecule has 5 heteroatoms. The highest BCUT2D eigenvalue weighted by Gasteiger charge is 2.30. The first-order valence-corrected chi connectivity index (χ1v) is 9.87. The van der Waals surface area contributed by atoms with Gasteiger partial charge < -0.3 is 0 Å². The molecule has 0 bridgehead atoms. The van der Waals surface area contributed by atoms with Crippen molar-refractivity contribution in [2.75, 3.05) is 19.6 Å². The molecule has 2 heterocycles. The van der Waals surface area contributed by atoms with Crippen LogP contribution in [-0.2, 0) is 12.6 Å². The number of hydrogen-bond acceptors (Lipinski definition) is 2. The van der Waals surface area contributed by atoms with Crippen LogP contribution in [0.1, 0.15) is 22.4 Å². The highest BCUT2D eigenvalue weighted by molar-refractivity contribution is 7.19. The van der Waals surface area contributed by atoms with Gasteiger partial charge in [0.2, 0.25) is 0 Å². The quantitative estimate of drug-likeness (QED) is 0.511. The van der Waals surface area contributed by atoms with Gasteiger partial charge in [-0.1, -0.05) is 36.4 Å². The normalized spacial score (nSPS) is 15.9. The zero-order chi connectivity index (χ0) is 18.9. The Morgan fingerprint density at radius 2 is 1.85 bits per heavy atom. The van der Waals surface area contributed by atoms with Crippen LogP contribution in [0.5, 0.6) is 0 Å². The van der Waals surface area contributed by atoms with Crippen molar-refractivity contribution in [3.8, 4) is 0 Å². The van der Waals surface area contributed by atoms with Crippen LogP contribution in [0, 0.1) is 0 Å². The van der Waals surface area contributed by atoms with Crippen LogP contribution in [0.4, 0.5) is 13.2 Å². The maximum atomic E-state index is 12.9. The van der Waals surface area contributed by atoms with Crippen molar-refractivity contribution in [2.24, 2.45) is 0 Å². The Balaban J connectivity index is 1.38.